The molecule has 0 radical (unpaired) electrons. The van der Waals surface area contributed by atoms with Crippen LogP contribution < -0.4 is 0 Å². The van der Waals surface area contributed by atoms with E-state index in [1.165, 1.54) is 23.7 Å². The van der Waals surface area contributed by atoms with Gasteiger partial charge in [0.2, 0.25) is 0 Å². The van der Waals surface area contributed by atoms with E-state index in [2.05, 4.69) is 6.92 Å². The molecule has 0 aromatic rings. The number of fused-ring (bicyclic) bond motifs is 4. The Labute approximate surface area is 43.9 Å². The lowest BCUT2D eigenvalue weighted by atomic mass is 10.0. The van der Waals surface area contributed by atoms with Crippen LogP contribution in [0, 0.1) is 29.6 Å². The summed E-state index contributed by atoms with van der Waals surface area (Å²) in [6, 6.07) is 0. The molecule has 0 aliphatic heterocycles. The van der Waals surface area contributed by atoms with Crippen LogP contribution in [0.3, 0.4) is 0 Å². The molecule has 0 aromatic carbocycles. The maximum absolute atomic E-state index is 2.42. The molecule has 3 aliphatic rings. The van der Waals surface area contributed by atoms with Crippen molar-refractivity contribution in [2.45, 2.75) is 13.3 Å². The third kappa shape index (κ3) is 0.167. The minimum Gasteiger partial charge on any atom is -0.0619 e. The van der Waals surface area contributed by atoms with Crippen molar-refractivity contribution in [2.75, 3.05) is 0 Å². The highest BCUT2D eigenvalue weighted by atomic mass is 14.8. The predicted octanol–water partition coefficient (Wildman–Crippen LogP) is 1.52. The number of rotatable bonds is 0. The molecule has 0 amide bonds. The maximum atomic E-state index is 2.42. The quantitative estimate of drug-likeness (QED) is 0.427. The smallest absolute Gasteiger partial charge is 0.0321 e. The zero-order valence-corrected chi connectivity index (χ0v) is 4.59. The molecule has 3 rings (SSSR count). The molecule has 38 valence electrons. The minimum absolute atomic E-state index is 1.16. The van der Waals surface area contributed by atoms with Crippen LogP contribution in [0.15, 0.2) is 0 Å². The Balaban J connectivity index is 2.00. The van der Waals surface area contributed by atoms with E-state index >= 15 is 0 Å². The lowest BCUT2D eigenvalue weighted by Gasteiger charge is -2.03. The highest BCUT2D eigenvalue weighted by Crippen LogP contribution is 2.80. The molecule has 0 saturated heterocycles. The lowest BCUT2D eigenvalue weighted by molar-refractivity contribution is 0.434. The van der Waals surface area contributed by atoms with Gasteiger partial charge in [0.1, 0.15) is 0 Å². The van der Waals surface area contributed by atoms with E-state index in [0.29, 0.717) is 0 Å². The second kappa shape index (κ2) is 0.586. The number of hydrogen-bond donors (Lipinski definition) is 0. The normalized spacial score (nSPS) is 81.0. The summed E-state index contributed by atoms with van der Waals surface area (Å²) in [5, 5.41) is 0. The van der Waals surface area contributed by atoms with Gasteiger partial charge in [-0.05, 0) is 36.0 Å². The van der Waals surface area contributed by atoms with E-state index < -0.39 is 0 Å². The van der Waals surface area contributed by atoms with Gasteiger partial charge in [0, 0.05) is 0 Å². The molecule has 4 unspecified atom stereocenters. The van der Waals surface area contributed by atoms with E-state index in [4.69, 9.17) is 0 Å². The van der Waals surface area contributed by atoms with Gasteiger partial charge in [-0.1, -0.05) is 6.92 Å². The van der Waals surface area contributed by atoms with Gasteiger partial charge < -0.3 is 0 Å². The van der Waals surface area contributed by atoms with E-state index in [9.17, 15) is 0 Å². The first-order valence-corrected chi connectivity index (χ1v) is 3.39. The van der Waals surface area contributed by atoms with Crippen LogP contribution in [0.1, 0.15) is 13.3 Å². The standard InChI is InChI=1S/C7H10/c1-3-6-4-2-5(4)7(3)6/h3-7H,2H2,1H3. The Bertz CT molecular complexity index is 110. The molecule has 0 heterocycles. The molecule has 7 heavy (non-hydrogen) atoms. The van der Waals surface area contributed by atoms with Crippen LogP contribution in [0.25, 0.3) is 0 Å². The van der Waals surface area contributed by atoms with Gasteiger partial charge >= 0.3 is 0 Å². The fourth-order valence-corrected chi connectivity index (χ4v) is 2.85. The predicted molar refractivity (Wildman–Crippen MR) is 27.7 cm³/mol. The first-order valence-electron chi connectivity index (χ1n) is 3.39. The second-order valence-electron chi connectivity index (χ2n) is 3.58. The summed E-state index contributed by atoms with van der Waals surface area (Å²) >= 11 is 0. The van der Waals surface area contributed by atoms with Crippen molar-refractivity contribution < 1.29 is 0 Å². The first kappa shape index (κ1) is 3.11. The zero-order chi connectivity index (χ0) is 4.59. The zero-order valence-electron chi connectivity index (χ0n) is 4.59. The van der Waals surface area contributed by atoms with Crippen molar-refractivity contribution in [1.82, 2.24) is 0 Å². The van der Waals surface area contributed by atoms with Crippen LogP contribution in [0.2, 0.25) is 0 Å². The molecular weight excluding hydrogens is 84.1 g/mol. The third-order valence-electron chi connectivity index (χ3n) is 3.40. The van der Waals surface area contributed by atoms with Crippen molar-refractivity contribution in [3.63, 3.8) is 0 Å². The van der Waals surface area contributed by atoms with E-state index in [0.717, 1.165) is 5.92 Å². The van der Waals surface area contributed by atoms with Crippen LogP contribution in [-0.4, -0.2) is 0 Å². The Morgan fingerprint density at radius 1 is 1.14 bits per heavy atom. The fraction of sp³-hybridized carbons (Fsp3) is 1.00. The molecular formula is C7H10. The van der Waals surface area contributed by atoms with Crippen LogP contribution in [-0.2, 0) is 0 Å². The molecule has 0 aromatic heterocycles. The highest BCUT2D eigenvalue weighted by molar-refractivity contribution is 5.22. The summed E-state index contributed by atoms with van der Waals surface area (Å²) < 4.78 is 0. The van der Waals surface area contributed by atoms with Gasteiger partial charge in [-0.15, -0.1) is 0 Å². The molecule has 0 N–H and O–H groups in total. The van der Waals surface area contributed by atoms with Crippen LogP contribution >= 0.6 is 0 Å². The molecule has 3 fully saturated rings. The van der Waals surface area contributed by atoms with E-state index in [1.807, 2.05) is 0 Å². The average Bonchev–Trinajstić information content (AvgIpc) is 2.20. The molecule has 4 atom stereocenters. The second-order valence-corrected chi connectivity index (χ2v) is 3.58. The summed E-state index contributed by atoms with van der Waals surface area (Å²) in [5.41, 5.74) is 0. The van der Waals surface area contributed by atoms with E-state index in [1.54, 1.807) is 6.42 Å². The fourth-order valence-electron chi connectivity index (χ4n) is 2.85. The van der Waals surface area contributed by atoms with Gasteiger partial charge in [0.15, 0.2) is 0 Å². The van der Waals surface area contributed by atoms with Crippen LogP contribution in [0.4, 0.5) is 0 Å². The summed E-state index contributed by atoms with van der Waals surface area (Å²) in [5.74, 6) is 6.14. The summed E-state index contributed by atoms with van der Waals surface area (Å²) in [6.07, 6.45) is 1.61. The Hall–Kier alpha value is 0. The molecule has 0 heteroatoms. The molecule has 3 saturated carbocycles. The molecule has 0 bridgehead atoms. The SMILES string of the molecule is CC1C2C3CC3C12. The molecule has 0 nitrogen and oxygen atoms in total. The molecule has 3 aliphatic carbocycles. The monoisotopic (exact) mass is 94.1 g/mol. The topological polar surface area (TPSA) is 0 Å². The van der Waals surface area contributed by atoms with E-state index in [-0.39, 0.29) is 0 Å². The summed E-state index contributed by atoms with van der Waals surface area (Å²) in [6.45, 7) is 2.42. The Kier molecular flexibility index (Phi) is 0.260. The maximum Gasteiger partial charge on any atom is -0.0321 e. The van der Waals surface area contributed by atoms with Gasteiger partial charge in [-0.2, -0.15) is 0 Å². The van der Waals surface area contributed by atoms with Gasteiger partial charge in [-0.25, -0.2) is 0 Å². The van der Waals surface area contributed by atoms with Crippen LogP contribution in [0.5, 0.6) is 0 Å². The van der Waals surface area contributed by atoms with Crippen molar-refractivity contribution in [2.24, 2.45) is 29.6 Å². The highest BCUT2D eigenvalue weighted by Gasteiger charge is 2.74. The third-order valence-corrected chi connectivity index (χ3v) is 3.40. The minimum atomic E-state index is 1.16. The van der Waals surface area contributed by atoms with Crippen molar-refractivity contribution >= 4 is 0 Å². The average molecular weight is 94.2 g/mol. The first-order chi connectivity index (χ1) is 3.39. The lowest BCUT2D eigenvalue weighted by Crippen LogP contribution is -2.00. The number of hydrogen-bond acceptors (Lipinski definition) is 0. The largest absolute Gasteiger partial charge is 0.0619 e. The van der Waals surface area contributed by atoms with Gasteiger partial charge in [0.05, 0.1) is 0 Å². The Morgan fingerprint density at radius 3 is 2.00 bits per heavy atom. The van der Waals surface area contributed by atoms with Crippen molar-refractivity contribution in [3.8, 4) is 0 Å². The summed E-state index contributed by atoms with van der Waals surface area (Å²) in [4.78, 5) is 0. The van der Waals surface area contributed by atoms with Crippen molar-refractivity contribution in [3.05, 3.63) is 0 Å². The summed E-state index contributed by atoms with van der Waals surface area (Å²) in [7, 11) is 0. The van der Waals surface area contributed by atoms with Gasteiger partial charge in [-0.3, -0.25) is 0 Å². The van der Waals surface area contributed by atoms with Gasteiger partial charge in [0.25, 0.3) is 0 Å². The van der Waals surface area contributed by atoms with Crippen molar-refractivity contribution in [1.29, 1.82) is 0 Å². The molecule has 0 spiro atoms. The Morgan fingerprint density at radius 2 is 1.71 bits per heavy atom.